The van der Waals surface area contributed by atoms with E-state index in [9.17, 15) is 9.90 Å². The summed E-state index contributed by atoms with van der Waals surface area (Å²) in [5.41, 5.74) is 3.16. The number of hydrogen-bond acceptors (Lipinski definition) is 2. The summed E-state index contributed by atoms with van der Waals surface area (Å²) in [6.07, 6.45) is 12.9. The fourth-order valence-electron chi connectivity index (χ4n) is 3.63. The summed E-state index contributed by atoms with van der Waals surface area (Å²) in [5.74, 6) is 0.526. The van der Waals surface area contributed by atoms with Crippen molar-refractivity contribution in [3.8, 4) is 5.75 Å². The normalized spacial score (nSPS) is 11.6. The Bertz CT molecular complexity index is 587. The van der Waals surface area contributed by atoms with E-state index in [1.54, 1.807) is 0 Å². The van der Waals surface area contributed by atoms with Gasteiger partial charge in [-0.1, -0.05) is 85.1 Å². The van der Waals surface area contributed by atoms with E-state index in [2.05, 4.69) is 39.1 Å². The minimum atomic E-state index is -0.0915. The minimum absolute atomic E-state index is 0.0915. The van der Waals surface area contributed by atoms with Gasteiger partial charge in [0.05, 0.1) is 0 Å². The largest absolute Gasteiger partial charge is 0.508 e. The Kier molecular flexibility index (Phi) is 11.3. The number of carbonyl (C=O) groups is 1. The van der Waals surface area contributed by atoms with Crippen molar-refractivity contribution in [3.63, 3.8) is 0 Å². The van der Waals surface area contributed by atoms with E-state index in [4.69, 9.17) is 0 Å². The summed E-state index contributed by atoms with van der Waals surface area (Å²) in [5, 5.41) is 13.3. The highest BCUT2D eigenvalue weighted by Crippen LogP contribution is 2.32. The van der Waals surface area contributed by atoms with E-state index >= 15 is 0 Å². The van der Waals surface area contributed by atoms with Crippen LogP contribution in [0.1, 0.15) is 109 Å². The van der Waals surface area contributed by atoms with Crippen molar-refractivity contribution in [2.24, 2.45) is 0 Å². The van der Waals surface area contributed by atoms with Crippen molar-refractivity contribution in [2.75, 3.05) is 6.54 Å². The predicted octanol–water partition coefficient (Wildman–Crippen LogP) is 6.58. The molecule has 1 aromatic carbocycles. The van der Waals surface area contributed by atoms with Crippen LogP contribution >= 0.6 is 0 Å². The van der Waals surface area contributed by atoms with Crippen molar-refractivity contribution >= 4 is 5.91 Å². The maximum absolute atomic E-state index is 12.1. The van der Waals surface area contributed by atoms with Crippen LogP contribution in [0.5, 0.6) is 5.75 Å². The van der Waals surface area contributed by atoms with Gasteiger partial charge in [0.25, 0.3) is 0 Å². The van der Waals surface area contributed by atoms with Gasteiger partial charge < -0.3 is 10.4 Å². The van der Waals surface area contributed by atoms with Crippen LogP contribution in [0.2, 0.25) is 0 Å². The van der Waals surface area contributed by atoms with E-state index in [0.29, 0.717) is 18.7 Å². The van der Waals surface area contributed by atoms with Gasteiger partial charge in [-0.15, -0.1) is 0 Å². The summed E-state index contributed by atoms with van der Waals surface area (Å²) in [7, 11) is 0. The van der Waals surface area contributed by atoms with Crippen LogP contribution in [0.25, 0.3) is 0 Å². The lowest BCUT2D eigenvalue weighted by Crippen LogP contribution is -2.25. The molecule has 3 nitrogen and oxygen atoms in total. The molecule has 1 amide bonds. The van der Waals surface area contributed by atoms with E-state index in [-0.39, 0.29) is 11.3 Å². The number of nitrogens with one attached hydrogen (secondary N) is 1. The molecule has 0 radical (unpaired) electrons. The number of amides is 1. The predicted molar refractivity (Wildman–Crippen MR) is 120 cm³/mol. The first-order chi connectivity index (χ1) is 13.3. The molecule has 0 aliphatic carbocycles. The zero-order valence-corrected chi connectivity index (χ0v) is 19.0. The second-order valence-electron chi connectivity index (χ2n) is 9.22. The van der Waals surface area contributed by atoms with Crippen molar-refractivity contribution in [1.29, 1.82) is 0 Å². The standard InChI is InChI=1S/C25H43NO2/c1-6-7-8-9-10-11-12-13-14-15-24(28)26-17-16-21-19-22(25(3,4)5)23(27)18-20(21)2/h18-19,27H,6-17H2,1-5H3,(H,26,28). The number of aromatic hydroxyl groups is 1. The Hall–Kier alpha value is -1.51. The van der Waals surface area contributed by atoms with Gasteiger partial charge in [-0.05, 0) is 47.9 Å². The fraction of sp³-hybridized carbons (Fsp3) is 0.720. The highest BCUT2D eigenvalue weighted by atomic mass is 16.3. The number of hydrogen-bond donors (Lipinski definition) is 2. The molecule has 0 saturated heterocycles. The fourth-order valence-corrected chi connectivity index (χ4v) is 3.63. The van der Waals surface area contributed by atoms with Crippen LogP contribution in [0.4, 0.5) is 0 Å². The Morgan fingerprint density at radius 3 is 2.11 bits per heavy atom. The highest BCUT2D eigenvalue weighted by Gasteiger charge is 2.19. The Morgan fingerprint density at radius 1 is 0.964 bits per heavy atom. The van der Waals surface area contributed by atoms with Gasteiger partial charge in [0.1, 0.15) is 5.75 Å². The number of benzene rings is 1. The van der Waals surface area contributed by atoms with Gasteiger partial charge in [-0.25, -0.2) is 0 Å². The van der Waals surface area contributed by atoms with Gasteiger partial charge in [0.2, 0.25) is 5.91 Å². The number of phenolic OH excluding ortho intramolecular Hbond substituents is 1. The summed E-state index contributed by atoms with van der Waals surface area (Å²) < 4.78 is 0. The zero-order valence-electron chi connectivity index (χ0n) is 19.0. The molecule has 0 heterocycles. The molecule has 0 fully saturated rings. The van der Waals surface area contributed by atoms with Crippen LogP contribution in [-0.4, -0.2) is 17.6 Å². The number of rotatable bonds is 13. The maximum atomic E-state index is 12.1. The van der Waals surface area contributed by atoms with Crippen LogP contribution in [-0.2, 0) is 16.6 Å². The Balaban J connectivity index is 2.23. The molecule has 0 spiro atoms. The van der Waals surface area contributed by atoms with Crippen molar-refractivity contribution < 1.29 is 9.90 Å². The SMILES string of the molecule is CCCCCCCCCCCC(=O)NCCc1cc(C(C)(C)C)c(O)cc1C. The lowest BCUT2D eigenvalue weighted by molar-refractivity contribution is -0.121. The molecule has 3 heteroatoms. The molecule has 0 bridgehead atoms. The van der Waals surface area contributed by atoms with E-state index < -0.39 is 0 Å². The minimum Gasteiger partial charge on any atom is -0.508 e. The molecule has 2 N–H and O–H groups in total. The Labute approximate surface area is 173 Å². The number of phenols is 1. The third kappa shape index (κ3) is 9.61. The van der Waals surface area contributed by atoms with Crippen LogP contribution in [0.15, 0.2) is 12.1 Å². The van der Waals surface area contributed by atoms with Crippen molar-refractivity contribution in [2.45, 2.75) is 111 Å². The van der Waals surface area contributed by atoms with Crippen molar-refractivity contribution in [1.82, 2.24) is 5.32 Å². The van der Waals surface area contributed by atoms with E-state index in [1.807, 2.05) is 13.0 Å². The van der Waals surface area contributed by atoms with Gasteiger partial charge in [-0.3, -0.25) is 4.79 Å². The molecule has 1 rings (SSSR count). The summed E-state index contributed by atoms with van der Waals surface area (Å²) in [6, 6.07) is 3.94. The first-order valence-corrected chi connectivity index (χ1v) is 11.4. The van der Waals surface area contributed by atoms with E-state index in [1.165, 1.54) is 50.5 Å². The summed E-state index contributed by atoms with van der Waals surface area (Å²) in [4.78, 5) is 12.1. The van der Waals surface area contributed by atoms with Crippen LogP contribution in [0.3, 0.4) is 0 Å². The molecule has 1 aromatic rings. The molecule has 0 atom stereocenters. The molecular weight excluding hydrogens is 346 g/mol. The first kappa shape index (κ1) is 24.5. The van der Waals surface area contributed by atoms with Gasteiger partial charge in [0.15, 0.2) is 0 Å². The number of unbranched alkanes of at least 4 members (excludes halogenated alkanes) is 8. The highest BCUT2D eigenvalue weighted by molar-refractivity contribution is 5.75. The summed E-state index contributed by atoms with van der Waals surface area (Å²) in [6.45, 7) is 11.2. The van der Waals surface area contributed by atoms with Crippen LogP contribution < -0.4 is 5.32 Å². The first-order valence-electron chi connectivity index (χ1n) is 11.4. The van der Waals surface area contributed by atoms with Crippen molar-refractivity contribution in [3.05, 3.63) is 28.8 Å². The number of carbonyl (C=O) groups excluding carboxylic acids is 1. The lowest BCUT2D eigenvalue weighted by Gasteiger charge is -2.22. The van der Waals surface area contributed by atoms with Gasteiger partial charge in [0, 0.05) is 13.0 Å². The quantitative estimate of drug-likeness (QED) is 0.374. The lowest BCUT2D eigenvalue weighted by atomic mass is 9.84. The summed E-state index contributed by atoms with van der Waals surface area (Å²) >= 11 is 0. The zero-order chi connectivity index (χ0) is 21.0. The monoisotopic (exact) mass is 389 g/mol. The van der Waals surface area contributed by atoms with Gasteiger partial charge >= 0.3 is 0 Å². The molecule has 0 saturated carbocycles. The molecule has 0 aliphatic rings. The smallest absolute Gasteiger partial charge is 0.220 e. The van der Waals surface area contributed by atoms with Crippen LogP contribution in [0, 0.1) is 6.92 Å². The molecule has 0 aliphatic heterocycles. The van der Waals surface area contributed by atoms with E-state index in [0.717, 1.165) is 30.4 Å². The number of aryl methyl sites for hydroxylation is 1. The molecule has 28 heavy (non-hydrogen) atoms. The topological polar surface area (TPSA) is 49.3 Å². The second-order valence-corrected chi connectivity index (χ2v) is 9.22. The average molecular weight is 390 g/mol. The Morgan fingerprint density at radius 2 is 1.54 bits per heavy atom. The third-order valence-corrected chi connectivity index (χ3v) is 5.49. The average Bonchev–Trinajstić information content (AvgIpc) is 2.61. The second kappa shape index (κ2) is 12.9. The van der Waals surface area contributed by atoms with Gasteiger partial charge in [-0.2, -0.15) is 0 Å². The molecule has 0 aromatic heterocycles. The molecule has 160 valence electrons. The maximum Gasteiger partial charge on any atom is 0.220 e. The third-order valence-electron chi connectivity index (χ3n) is 5.49. The molecule has 0 unspecified atom stereocenters. The molecular formula is C25H43NO2.